The van der Waals surface area contributed by atoms with Gasteiger partial charge in [-0.2, -0.15) is 4.98 Å². The van der Waals surface area contributed by atoms with E-state index < -0.39 is 17.7 Å². The number of hydrogen-bond donors (Lipinski definition) is 1. The highest BCUT2D eigenvalue weighted by atomic mass is 79.9. The second-order valence-electron chi connectivity index (χ2n) is 7.92. The molecular formula is C22H13BrFN5O5S. The Morgan fingerprint density at radius 2 is 2.06 bits per heavy atom. The second-order valence-corrected chi connectivity index (χ2v) is 9.77. The molecule has 1 aliphatic rings. The number of hydrogen-bond acceptors (Lipinski definition) is 9. The monoisotopic (exact) mass is 557 g/mol. The summed E-state index contributed by atoms with van der Waals surface area (Å²) in [4.78, 5) is 45.1. The van der Waals surface area contributed by atoms with Crippen molar-refractivity contribution in [2.45, 2.75) is 25.3 Å². The van der Waals surface area contributed by atoms with Gasteiger partial charge in [0, 0.05) is 10.9 Å². The Hall–Kier alpha value is -3.71. The van der Waals surface area contributed by atoms with Gasteiger partial charge >= 0.3 is 5.76 Å². The Morgan fingerprint density at radius 3 is 2.86 bits per heavy atom. The van der Waals surface area contributed by atoms with Gasteiger partial charge in [0.05, 0.1) is 22.2 Å². The van der Waals surface area contributed by atoms with Crippen LogP contribution in [0.15, 0.2) is 48.5 Å². The van der Waals surface area contributed by atoms with Crippen LogP contribution in [0.2, 0.25) is 0 Å². The number of thiazole rings is 1. The van der Waals surface area contributed by atoms with Gasteiger partial charge in [-0.15, -0.1) is 11.3 Å². The van der Waals surface area contributed by atoms with Crippen LogP contribution in [0.25, 0.3) is 32.1 Å². The standard InChI is InChI=1S/C22H13BrFN5O5S/c23-10-2-3-11(24)18-17(10)27-21(35-18)19-26-16(34-28-19)8-9-1-5-14-13(7-9)29(22(32)33-14)12-4-6-15(30)25-20(12)31/h1-3,5,7,12H,4,6,8H2,(H,25,30,31). The van der Waals surface area contributed by atoms with Crippen LogP contribution < -0.4 is 11.1 Å². The van der Waals surface area contributed by atoms with E-state index in [9.17, 15) is 18.8 Å². The summed E-state index contributed by atoms with van der Waals surface area (Å²) in [7, 11) is 0. The number of imide groups is 1. The van der Waals surface area contributed by atoms with Gasteiger partial charge < -0.3 is 8.94 Å². The zero-order valence-corrected chi connectivity index (χ0v) is 20.0. The van der Waals surface area contributed by atoms with E-state index in [0.29, 0.717) is 30.8 Å². The Labute approximate surface area is 206 Å². The number of halogens is 2. The topological polar surface area (TPSA) is 133 Å². The molecule has 0 bridgehead atoms. The lowest BCUT2D eigenvalue weighted by Crippen LogP contribution is -2.43. The first kappa shape index (κ1) is 21.8. The fourth-order valence-corrected chi connectivity index (χ4v) is 5.51. The van der Waals surface area contributed by atoms with Gasteiger partial charge in [-0.25, -0.2) is 14.2 Å². The molecule has 1 fully saturated rings. The number of rotatable bonds is 4. The summed E-state index contributed by atoms with van der Waals surface area (Å²) < 4.78 is 27.1. The lowest BCUT2D eigenvalue weighted by molar-refractivity contribution is -0.135. The zero-order chi connectivity index (χ0) is 24.3. The van der Waals surface area contributed by atoms with E-state index in [1.807, 2.05) is 0 Å². The van der Waals surface area contributed by atoms with Crippen molar-refractivity contribution in [1.29, 1.82) is 0 Å². The molecule has 0 saturated carbocycles. The van der Waals surface area contributed by atoms with Crippen LogP contribution in [0, 0.1) is 5.82 Å². The molecule has 35 heavy (non-hydrogen) atoms. The van der Waals surface area contributed by atoms with Gasteiger partial charge in [-0.3, -0.25) is 19.5 Å². The fourth-order valence-electron chi connectivity index (χ4n) is 4.04. The Bertz CT molecular complexity index is 1680. The number of fused-ring (bicyclic) bond motifs is 2. The molecule has 4 heterocycles. The van der Waals surface area contributed by atoms with E-state index in [0.717, 1.165) is 16.9 Å². The van der Waals surface area contributed by atoms with Gasteiger partial charge in [-0.05, 0) is 52.2 Å². The van der Waals surface area contributed by atoms with Crippen LogP contribution >= 0.6 is 27.3 Å². The molecular weight excluding hydrogens is 545 g/mol. The molecule has 1 atom stereocenters. The third-order valence-corrected chi connectivity index (χ3v) is 7.36. The fraction of sp³-hybridized carbons (Fsp3) is 0.182. The maximum absolute atomic E-state index is 14.1. The number of nitrogens with zero attached hydrogens (tertiary/aromatic N) is 4. The summed E-state index contributed by atoms with van der Waals surface area (Å²) >= 11 is 4.49. The normalized spacial score (nSPS) is 16.3. The number of piperidine rings is 1. The number of nitrogens with one attached hydrogen (secondary N) is 1. The van der Waals surface area contributed by atoms with Crippen molar-refractivity contribution in [3.05, 3.63) is 62.6 Å². The summed E-state index contributed by atoms with van der Waals surface area (Å²) in [6.45, 7) is 0. The summed E-state index contributed by atoms with van der Waals surface area (Å²) in [6, 6.07) is 7.18. The Morgan fingerprint density at radius 1 is 1.20 bits per heavy atom. The molecule has 5 aromatic rings. The minimum absolute atomic E-state index is 0.131. The first-order valence-electron chi connectivity index (χ1n) is 10.4. The van der Waals surface area contributed by atoms with Crippen molar-refractivity contribution >= 4 is 60.4 Å². The molecule has 0 spiro atoms. The van der Waals surface area contributed by atoms with Crippen molar-refractivity contribution in [2.75, 3.05) is 0 Å². The third kappa shape index (κ3) is 3.76. The minimum Gasteiger partial charge on any atom is -0.408 e. The molecule has 1 N–H and O–H groups in total. The van der Waals surface area contributed by atoms with E-state index in [1.165, 1.54) is 10.6 Å². The molecule has 1 aliphatic heterocycles. The highest BCUT2D eigenvalue weighted by Gasteiger charge is 2.31. The summed E-state index contributed by atoms with van der Waals surface area (Å²) in [6.07, 6.45) is 0.572. The highest BCUT2D eigenvalue weighted by molar-refractivity contribution is 9.10. The first-order chi connectivity index (χ1) is 16.9. The average molecular weight is 558 g/mol. The van der Waals surface area contributed by atoms with Crippen LogP contribution in [-0.4, -0.2) is 31.5 Å². The van der Waals surface area contributed by atoms with Crippen molar-refractivity contribution in [2.24, 2.45) is 0 Å². The lowest BCUT2D eigenvalue weighted by Gasteiger charge is -2.21. The summed E-state index contributed by atoms with van der Waals surface area (Å²) in [5, 5.41) is 6.65. The number of oxazole rings is 1. The predicted molar refractivity (Wildman–Crippen MR) is 125 cm³/mol. The van der Waals surface area contributed by atoms with Crippen LogP contribution in [-0.2, 0) is 16.0 Å². The summed E-state index contributed by atoms with van der Waals surface area (Å²) in [5.41, 5.74) is 1.95. The number of aromatic nitrogens is 4. The SMILES string of the molecule is O=C1CCC(n2c(=O)oc3ccc(Cc4nc(-c5nc6c(Br)ccc(F)c6s5)no4)cc32)C(=O)N1. The Kier molecular flexibility index (Phi) is 5.11. The van der Waals surface area contributed by atoms with Gasteiger partial charge in [0.25, 0.3) is 0 Å². The van der Waals surface area contributed by atoms with Crippen LogP contribution in [0.1, 0.15) is 30.3 Å². The van der Waals surface area contributed by atoms with Gasteiger partial charge in [0.15, 0.2) is 10.6 Å². The molecule has 13 heteroatoms. The largest absolute Gasteiger partial charge is 0.420 e. The molecule has 3 aromatic heterocycles. The van der Waals surface area contributed by atoms with Gasteiger partial charge in [-0.1, -0.05) is 11.2 Å². The average Bonchev–Trinajstić information content (AvgIpc) is 3.54. The quantitative estimate of drug-likeness (QED) is 0.330. The zero-order valence-electron chi connectivity index (χ0n) is 17.6. The molecule has 176 valence electrons. The maximum atomic E-state index is 14.1. The smallest absolute Gasteiger partial charge is 0.408 e. The van der Waals surface area contributed by atoms with E-state index in [-0.39, 0.29) is 42.7 Å². The molecule has 2 aromatic carbocycles. The number of amides is 2. The highest BCUT2D eigenvalue weighted by Crippen LogP contribution is 2.34. The number of benzene rings is 2. The maximum Gasteiger partial charge on any atom is 0.420 e. The predicted octanol–water partition coefficient (Wildman–Crippen LogP) is 3.72. The molecule has 10 nitrogen and oxygen atoms in total. The number of carbonyl (C=O) groups excluding carboxylic acids is 2. The van der Waals surface area contributed by atoms with Crippen molar-refractivity contribution in [1.82, 2.24) is 25.0 Å². The molecule has 0 aliphatic carbocycles. The van der Waals surface area contributed by atoms with Gasteiger partial charge in [0.1, 0.15) is 11.9 Å². The number of carbonyl (C=O) groups is 2. The molecule has 1 unspecified atom stereocenters. The molecule has 0 radical (unpaired) electrons. The molecule has 2 amide bonds. The Balaban J connectivity index is 1.31. The van der Waals surface area contributed by atoms with Crippen molar-refractivity contribution in [3.63, 3.8) is 0 Å². The lowest BCUT2D eigenvalue weighted by atomic mass is 10.1. The van der Waals surface area contributed by atoms with Gasteiger partial charge in [0.2, 0.25) is 23.5 Å². The van der Waals surface area contributed by atoms with Crippen LogP contribution in [0.3, 0.4) is 0 Å². The second kappa shape index (κ2) is 8.20. The van der Waals surface area contributed by atoms with E-state index in [4.69, 9.17) is 8.94 Å². The molecule has 6 rings (SSSR count). The minimum atomic E-state index is -0.842. The third-order valence-electron chi connectivity index (χ3n) is 5.66. The van der Waals surface area contributed by atoms with Crippen molar-refractivity contribution < 1.29 is 22.9 Å². The first-order valence-corrected chi connectivity index (χ1v) is 12.0. The van der Waals surface area contributed by atoms with E-state index in [2.05, 4.69) is 36.4 Å². The summed E-state index contributed by atoms with van der Waals surface area (Å²) in [5.74, 6) is -1.46. The van der Waals surface area contributed by atoms with E-state index >= 15 is 0 Å². The van der Waals surface area contributed by atoms with Crippen LogP contribution in [0.4, 0.5) is 4.39 Å². The van der Waals surface area contributed by atoms with Crippen LogP contribution in [0.5, 0.6) is 0 Å². The molecule has 1 saturated heterocycles. The van der Waals surface area contributed by atoms with Crippen molar-refractivity contribution in [3.8, 4) is 10.8 Å². The van der Waals surface area contributed by atoms with E-state index in [1.54, 1.807) is 24.3 Å².